The number of hydrogen-bond donors (Lipinski definition) is 1. The molecule has 0 saturated heterocycles. The number of carboxylic acids is 1. The first-order valence-electron chi connectivity index (χ1n) is 3.52. The molecular weight excluding hydrogens is 222 g/mol. The van der Waals surface area contributed by atoms with Crippen LogP contribution in [0.1, 0.15) is 22.8 Å². The van der Waals surface area contributed by atoms with E-state index in [1.807, 2.05) is 6.92 Å². The highest BCUT2D eigenvalue weighted by molar-refractivity contribution is 9.10. The molecule has 1 heterocycles. The van der Waals surface area contributed by atoms with Crippen LogP contribution in [-0.2, 0) is 6.42 Å². The van der Waals surface area contributed by atoms with E-state index < -0.39 is 5.97 Å². The van der Waals surface area contributed by atoms with Crippen molar-refractivity contribution in [1.82, 2.24) is 4.98 Å². The zero-order chi connectivity index (χ0) is 9.14. The molecule has 1 aromatic rings. The molecule has 1 rings (SSSR count). The molecular formula is C8H8BrNO2. The molecule has 0 saturated carbocycles. The van der Waals surface area contributed by atoms with Crippen LogP contribution in [-0.4, -0.2) is 16.1 Å². The Hall–Kier alpha value is -0.900. The normalized spacial score (nSPS) is 9.83. The number of pyridine rings is 1. The van der Waals surface area contributed by atoms with E-state index in [0.29, 0.717) is 6.42 Å². The van der Waals surface area contributed by atoms with E-state index in [1.54, 1.807) is 6.20 Å². The Morgan fingerprint density at radius 2 is 2.33 bits per heavy atom. The molecule has 3 nitrogen and oxygen atoms in total. The second-order valence-electron chi connectivity index (χ2n) is 2.31. The molecule has 0 aromatic carbocycles. The summed E-state index contributed by atoms with van der Waals surface area (Å²) < 4.78 is 0.755. The van der Waals surface area contributed by atoms with E-state index in [4.69, 9.17) is 5.11 Å². The third-order valence-corrected chi connectivity index (χ3v) is 2.27. The largest absolute Gasteiger partial charge is 0.478 e. The average molecular weight is 230 g/mol. The van der Waals surface area contributed by atoms with Crippen LogP contribution in [0, 0.1) is 0 Å². The summed E-state index contributed by atoms with van der Waals surface area (Å²) in [4.78, 5) is 14.5. The maximum absolute atomic E-state index is 10.7. The fraction of sp³-hybridized carbons (Fsp3) is 0.250. The quantitative estimate of drug-likeness (QED) is 0.846. The Labute approximate surface area is 78.6 Å². The van der Waals surface area contributed by atoms with Crippen molar-refractivity contribution in [1.29, 1.82) is 0 Å². The molecule has 0 aliphatic heterocycles. The lowest BCUT2D eigenvalue weighted by molar-refractivity contribution is 0.0695. The van der Waals surface area contributed by atoms with Crippen molar-refractivity contribution in [3.8, 4) is 0 Å². The van der Waals surface area contributed by atoms with Gasteiger partial charge in [-0.1, -0.05) is 6.92 Å². The molecule has 0 bridgehead atoms. The van der Waals surface area contributed by atoms with E-state index in [9.17, 15) is 4.79 Å². The van der Waals surface area contributed by atoms with Crippen molar-refractivity contribution in [2.75, 3.05) is 0 Å². The second kappa shape index (κ2) is 3.67. The van der Waals surface area contributed by atoms with Crippen LogP contribution in [0.2, 0.25) is 0 Å². The fourth-order valence-corrected chi connectivity index (χ4v) is 1.62. The molecule has 0 aliphatic rings. The van der Waals surface area contributed by atoms with E-state index in [0.717, 1.165) is 10.0 Å². The van der Waals surface area contributed by atoms with Crippen LogP contribution in [0.5, 0.6) is 0 Å². The summed E-state index contributed by atoms with van der Waals surface area (Å²) in [5.74, 6) is -0.930. The first kappa shape index (κ1) is 9.19. The number of aromatic carboxylic acids is 1. The van der Waals surface area contributed by atoms with Gasteiger partial charge in [0.1, 0.15) is 0 Å². The van der Waals surface area contributed by atoms with Crippen LogP contribution in [0.4, 0.5) is 0 Å². The zero-order valence-corrected chi connectivity index (χ0v) is 8.13. The van der Waals surface area contributed by atoms with E-state index >= 15 is 0 Å². The van der Waals surface area contributed by atoms with Crippen molar-refractivity contribution < 1.29 is 9.90 Å². The average Bonchev–Trinajstić information content (AvgIpc) is 2.03. The smallest absolute Gasteiger partial charge is 0.337 e. The molecule has 0 unspecified atom stereocenters. The van der Waals surface area contributed by atoms with Crippen LogP contribution in [0.25, 0.3) is 0 Å². The SMILES string of the molecule is CCc1c(Br)cncc1C(=O)O. The minimum Gasteiger partial charge on any atom is -0.478 e. The summed E-state index contributed by atoms with van der Waals surface area (Å²) in [6.45, 7) is 1.91. The number of hydrogen-bond acceptors (Lipinski definition) is 2. The molecule has 1 N–H and O–H groups in total. The summed E-state index contributed by atoms with van der Waals surface area (Å²) >= 11 is 3.25. The van der Waals surface area contributed by atoms with Crippen molar-refractivity contribution in [2.45, 2.75) is 13.3 Å². The maximum atomic E-state index is 10.7. The molecule has 0 radical (unpaired) electrons. The van der Waals surface area contributed by atoms with Crippen molar-refractivity contribution in [3.05, 3.63) is 28.0 Å². The molecule has 1 aromatic heterocycles. The minimum absolute atomic E-state index is 0.270. The van der Waals surface area contributed by atoms with E-state index in [2.05, 4.69) is 20.9 Å². The van der Waals surface area contributed by atoms with Gasteiger partial charge in [0.15, 0.2) is 0 Å². The number of nitrogens with zero attached hydrogens (tertiary/aromatic N) is 1. The highest BCUT2D eigenvalue weighted by atomic mass is 79.9. The Morgan fingerprint density at radius 3 is 2.75 bits per heavy atom. The van der Waals surface area contributed by atoms with Gasteiger partial charge in [-0.2, -0.15) is 0 Å². The third kappa shape index (κ3) is 1.64. The Kier molecular flexibility index (Phi) is 2.81. The lowest BCUT2D eigenvalue weighted by Gasteiger charge is -2.03. The zero-order valence-electron chi connectivity index (χ0n) is 6.54. The van der Waals surface area contributed by atoms with Gasteiger partial charge in [0.05, 0.1) is 5.56 Å². The molecule has 0 amide bonds. The predicted molar refractivity (Wildman–Crippen MR) is 48.3 cm³/mol. The number of carbonyl (C=O) groups is 1. The van der Waals surface area contributed by atoms with Gasteiger partial charge < -0.3 is 5.11 Å². The molecule has 0 spiro atoms. The third-order valence-electron chi connectivity index (χ3n) is 1.59. The molecule has 64 valence electrons. The van der Waals surface area contributed by atoms with E-state index in [-0.39, 0.29) is 5.56 Å². The molecule has 0 aliphatic carbocycles. The topological polar surface area (TPSA) is 50.2 Å². The molecule has 0 fully saturated rings. The number of rotatable bonds is 2. The van der Waals surface area contributed by atoms with Crippen molar-refractivity contribution >= 4 is 21.9 Å². The van der Waals surface area contributed by atoms with Crippen molar-refractivity contribution in [2.24, 2.45) is 0 Å². The number of halogens is 1. The van der Waals surface area contributed by atoms with Gasteiger partial charge >= 0.3 is 5.97 Å². The van der Waals surface area contributed by atoms with Gasteiger partial charge in [-0.15, -0.1) is 0 Å². The van der Waals surface area contributed by atoms with Crippen LogP contribution < -0.4 is 0 Å². The van der Waals surface area contributed by atoms with Gasteiger partial charge in [-0.3, -0.25) is 4.98 Å². The standard InChI is InChI=1S/C8H8BrNO2/c1-2-5-6(8(11)12)3-10-4-7(5)9/h3-4H,2H2,1H3,(H,11,12). The summed E-state index contributed by atoms with van der Waals surface area (Å²) in [5, 5.41) is 8.76. The Morgan fingerprint density at radius 1 is 1.67 bits per heavy atom. The first-order valence-corrected chi connectivity index (χ1v) is 4.31. The molecule has 12 heavy (non-hydrogen) atoms. The van der Waals surface area contributed by atoms with Crippen LogP contribution >= 0.6 is 15.9 Å². The Balaban J connectivity index is 3.27. The molecule has 0 atom stereocenters. The van der Waals surface area contributed by atoms with Gasteiger partial charge in [-0.25, -0.2) is 4.79 Å². The van der Waals surface area contributed by atoms with Crippen LogP contribution in [0.3, 0.4) is 0 Å². The first-order chi connectivity index (χ1) is 5.66. The summed E-state index contributed by atoms with van der Waals surface area (Å²) in [6, 6.07) is 0. The minimum atomic E-state index is -0.930. The monoisotopic (exact) mass is 229 g/mol. The number of aromatic nitrogens is 1. The molecule has 4 heteroatoms. The fourth-order valence-electron chi connectivity index (χ4n) is 1.01. The highest BCUT2D eigenvalue weighted by Gasteiger charge is 2.10. The second-order valence-corrected chi connectivity index (χ2v) is 3.16. The Bertz CT molecular complexity index is 312. The summed E-state index contributed by atoms with van der Waals surface area (Å²) in [7, 11) is 0. The maximum Gasteiger partial charge on any atom is 0.337 e. The lowest BCUT2D eigenvalue weighted by atomic mass is 10.1. The van der Waals surface area contributed by atoms with Gasteiger partial charge in [0.2, 0.25) is 0 Å². The van der Waals surface area contributed by atoms with E-state index in [1.165, 1.54) is 6.20 Å². The van der Waals surface area contributed by atoms with Gasteiger partial charge in [0, 0.05) is 16.9 Å². The predicted octanol–water partition coefficient (Wildman–Crippen LogP) is 2.10. The summed E-state index contributed by atoms with van der Waals surface area (Å²) in [5.41, 5.74) is 1.06. The number of carboxylic acid groups (broad SMARTS) is 1. The van der Waals surface area contributed by atoms with Crippen molar-refractivity contribution in [3.63, 3.8) is 0 Å². The van der Waals surface area contributed by atoms with Crippen LogP contribution in [0.15, 0.2) is 16.9 Å². The van der Waals surface area contributed by atoms with Gasteiger partial charge in [-0.05, 0) is 27.9 Å². The lowest BCUT2D eigenvalue weighted by Crippen LogP contribution is -2.03. The highest BCUT2D eigenvalue weighted by Crippen LogP contribution is 2.19. The van der Waals surface area contributed by atoms with Gasteiger partial charge in [0.25, 0.3) is 0 Å². The summed E-state index contributed by atoms with van der Waals surface area (Å²) in [6.07, 6.45) is 3.65.